The summed E-state index contributed by atoms with van der Waals surface area (Å²) >= 11 is 0. The molecular formula is C16H25N5O3. The van der Waals surface area contributed by atoms with Crippen LogP contribution in [0.25, 0.3) is 0 Å². The van der Waals surface area contributed by atoms with Gasteiger partial charge in [-0.2, -0.15) is 0 Å². The number of nitro groups is 1. The molecule has 24 heavy (non-hydrogen) atoms. The van der Waals surface area contributed by atoms with E-state index in [1.54, 1.807) is 6.07 Å². The van der Waals surface area contributed by atoms with Crippen molar-refractivity contribution in [2.45, 2.75) is 6.42 Å². The minimum atomic E-state index is -0.430. The molecule has 1 aromatic rings. The quantitative estimate of drug-likeness (QED) is 0.589. The monoisotopic (exact) mass is 335 g/mol. The number of hydrogen-bond donors (Lipinski definition) is 1. The summed E-state index contributed by atoms with van der Waals surface area (Å²) in [6.45, 7) is 9.14. The molecule has 0 unspecified atom stereocenters. The molecule has 2 aliphatic rings. The highest BCUT2D eigenvalue weighted by molar-refractivity contribution is 5.40. The third kappa shape index (κ3) is 4.86. The summed E-state index contributed by atoms with van der Waals surface area (Å²) in [5.41, 5.74) is 0.0238. The van der Waals surface area contributed by atoms with Crippen molar-refractivity contribution in [3.8, 4) is 0 Å². The molecule has 0 aliphatic carbocycles. The lowest BCUT2D eigenvalue weighted by Gasteiger charge is -2.28. The molecule has 2 fully saturated rings. The number of hydrogen-bond acceptors (Lipinski definition) is 7. The average Bonchev–Trinajstić information content (AvgIpc) is 3.07. The molecule has 3 rings (SSSR count). The lowest BCUT2D eigenvalue weighted by atomic mass is 10.1. The number of nitrogens with one attached hydrogen (secondary N) is 1. The van der Waals surface area contributed by atoms with Gasteiger partial charge in [-0.25, -0.2) is 4.98 Å². The number of anilines is 1. The Bertz CT molecular complexity index is 533. The normalized spacial score (nSPS) is 22.6. The molecule has 3 heterocycles. The van der Waals surface area contributed by atoms with Crippen LogP contribution in [0.5, 0.6) is 0 Å². The van der Waals surface area contributed by atoms with Gasteiger partial charge in [-0.3, -0.25) is 15.0 Å². The number of morpholine rings is 1. The minimum Gasteiger partial charge on any atom is -0.379 e. The summed E-state index contributed by atoms with van der Waals surface area (Å²) in [6, 6.07) is 3.15. The predicted molar refractivity (Wildman–Crippen MR) is 91.2 cm³/mol. The first-order valence-corrected chi connectivity index (χ1v) is 8.57. The number of pyridine rings is 1. The SMILES string of the molecule is O=[N+]([O-])c1ccc(NC[C@H]2CCN(CCN3CCOCC3)C2)nc1. The van der Waals surface area contributed by atoms with Crippen LogP contribution in [0.2, 0.25) is 0 Å². The fourth-order valence-corrected chi connectivity index (χ4v) is 3.24. The van der Waals surface area contributed by atoms with Crippen molar-refractivity contribution in [1.29, 1.82) is 0 Å². The zero-order valence-corrected chi connectivity index (χ0v) is 13.9. The van der Waals surface area contributed by atoms with Crippen LogP contribution in [0.1, 0.15) is 6.42 Å². The number of nitrogens with zero attached hydrogens (tertiary/aromatic N) is 4. The summed E-state index contributed by atoms with van der Waals surface area (Å²) in [6.07, 6.45) is 2.48. The Morgan fingerprint density at radius 2 is 2.04 bits per heavy atom. The molecule has 132 valence electrons. The van der Waals surface area contributed by atoms with Crippen LogP contribution in [-0.4, -0.2) is 78.7 Å². The molecule has 0 radical (unpaired) electrons. The first-order valence-electron chi connectivity index (χ1n) is 8.57. The molecule has 0 aromatic carbocycles. The van der Waals surface area contributed by atoms with Gasteiger partial charge in [-0.05, 0) is 24.9 Å². The molecule has 8 heteroatoms. The highest BCUT2D eigenvalue weighted by atomic mass is 16.6. The van der Waals surface area contributed by atoms with Gasteiger partial charge in [0.15, 0.2) is 0 Å². The molecule has 2 aliphatic heterocycles. The van der Waals surface area contributed by atoms with Gasteiger partial charge in [-0.15, -0.1) is 0 Å². The van der Waals surface area contributed by atoms with Crippen LogP contribution < -0.4 is 5.32 Å². The van der Waals surface area contributed by atoms with Gasteiger partial charge in [0.05, 0.1) is 18.1 Å². The second-order valence-corrected chi connectivity index (χ2v) is 6.45. The molecule has 1 aromatic heterocycles. The topological polar surface area (TPSA) is 83.8 Å². The van der Waals surface area contributed by atoms with Gasteiger partial charge in [0.1, 0.15) is 12.0 Å². The van der Waals surface area contributed by atoms with E-state index in [0.717, 1.165) is 59.0 Å². The second-order valence-electron chi connectivity index (χ2n) is 6.45. The Morgan fingerprint density at radius 3 is 2.75 bits per heavy atom. The lowest BCUT2D eigenvalue weighted by Crippen LogP contribution is -2.41. The van der Waals surface area contributed by atoms with Crippen LogP contribution in [0.4, 0.5) is 11.5 Å². The summed E-state index contributed by atoms with van der Waals surface area (Å²) in [5.74, 6) is 1.30. The van der Waals surface area contributed by atoms with E-state index in [1.165, 1.54) is 18.7 Å². The third-order valence-corrected chi connectivity index (χ3v) is 4.74. The number of rotatable bonds is 7. The minimum absolute atomic E-state index is 0.0238. The highest BCUT2D eigenvalue weighted by Gasteiger charge is 2.23. The maximum absolute atomic E-state index is 10.6. The van der Waals surface area contributed by atoms with E-state index in [0.29, 0.717) is 11.7 Å². The van der Waals surface area contributed by atoms with Crippen molar-refractivity contribution in [3.05, 3.63) is 28.4 Å². The zero-order chi connectivity index (χ0) is 16.8. The molecule has 8 nitrogen and oxygen atoms in total. The van der Waals surface area contributed by atoms with Gasteiger partial charge < -0.3 is 15.0 Å². The van der Waals surface area contributed by atoms with Crippen LogP contribution >= 0.6 is 0 Å². The Morgan fingerprint density at radius 1 is 1.25 bits per heavy atom. The van der Waals surface area contributed by atoms with Crippen molar-refractivity contribution in [1.82, 2.24) is 14.8 Å². The molecule has 0 saturated carbocycles. The van der Waals surface area contributed by atoms with Gasteiger partial charge in [0, 0.05) is 45.3 Å². The van der Waals surface area contributed by atoms with E-state index >= 15 is 0 Å². The van der Waals surface area contributed by atoms with Crippen LogP contribution in [0.15, 0.2) is 18.3 Å². The summed E-state index contributed by atoms with van der Waals surface area (Å²) < 4.78 is 5.38. The molecule has 0 bridgehead atoms. The van der Waals surface area contributed by atoms with Gasteiger partial charge in [0.2, 0.25) is 0 Å². The standard InChI is InChI=1S/C16H25N5O3/c22-21(23)15-1-2-16(18-12-15)17-11-14-3-4-20(13-14)6-5-19-7-9-24-10-8-19/h1-2,12,14H,3-11,13H2,(H,17,18)/t14-/m1/s1. The fraction of sp³-hybridized carbons (Fsp3) is 0.688. The summed E-state index contributed by atoms with van der Waals surface area (Å²) in [5, 5.41) is 13.9. The van der Waals surface area contributed by atoms with Crippen LogP contribution in [0, 0.1) is 16.0 Å². The van der Waals surface area contributed by atoms with Crippen molar-refractivity contribution < 1.29 is 9.66 Å². The molecule has 1 atom stereocenters. The molecule has 0 spiro atoms. The molecular weight excluding hydrogens is 310 g/mol. The van der Waals surface area contributed by atoms with E-state index in [-0.39, 0.29) is 5.69 Å². The number of aromatic nitrogens is 1. The Balaban J connectivity index is 1.35. The first kappa shape index (κ1) is 17.1. The van der Waals surface area contributed by atoms with E-state index < -0.39 is 4.92 Å². The maximum atomic E-state index is 10.6. The number of ether oxygens (including phenoxy) is 1. The number of likely N-dealkylation sites (tertiary alicyclic amines) is 1. The molecule has 1 N–H and O–H groups in total. The predicted octanol–water partition coefficient (Wildman–Crippen LogP) is 1.06. The Hall–Kier alpha value is -1.77. The lowest BCUT2D eigenvalue weighted by molar-refractivity contribution is -0.385. The fourth-order valence-electron chi connectivity index (χ4n) is 3.24. The second kappa shape index (κ2) is 8.36. The van der Waals surface area contributed by atoms with E-state index in [1.807, 2.05) is 0 Å². The maximum Gasteiger partial charge on any atom is 0.287 e. The van der Waals surface area contributed by atoms with Crippen LogP contribution in [-0.2, 0) is 4.74 Å². The highest BCUT2D eigenvalue weighted by Crippen LogP contribution is 2.18. The Labute approximate surface area is 141 Å². The third-order valence-electron chi connectivity index (χ3n) is 4.74. The molecule has 0 amide bonds. The first-order chi connectivity index (χ1) is 11.7. The van der Waals surface area contributed by atoms with E-state index in [4.69, 9.17) is 4.74 Å². The summed E-state index contributed by atoms with van der Waals surface area (Å²) in [4.78, 5) is 19.3. The van der Waals surface area contributed by atoms with Gasteiger partial charge in [-0.1, -0.05) is 0 Å². The van der Waals surface area contributed by atoms with Crippen molar-refractivity contribution >= 4 is 11.5 Å². The van der Waals surface area contributed by atoms with Gasteiger partial charge in [0.25, 0.3) is 5.69 Å². The van der Waals surface area contributed by atoms with E-state index in [2.05, 4.69) is 20.1 Å². The van der Waals surface area contributed by atoms with Crippen molar-refractivity contribution in [2.24, 2.45) is 5.92 Å². The van der Waals surface area contributed by atoms with Crippen molar-refractivity contribution in [2.75, 3.05) is 64.3 Å². The zero-order valence-electron chi connectivity index (χ0n) is 13.9. The molecule has 2 saturated heterocycles. The van der Waals surface area contributed by atoms with E-state index in [9.17, 15) is 10.1 Å². The largest absolute Gasteiger partial charge is 0.379 e. The smallest absolute Gasteiger partial charge is 0.287 e. The van der Waals surface area contributed by atoms with Gasteiger partial charge >= 0.3 is 0 Å². The van der Waals surface area contributed by atoms with Crippen molar-refractivity contribution in [3.63, 3.8) is 0 Å². The van der Waals surface area contributed by atoms with Crippen LogP contribution in [0.3, 0.4) is 0 Å². The average molecular weight is 335 g/mol. The Kier molecular flexibility index (Phi) is 5.95. The summed E-state index contributed by atoms with van der Waals surface area (Å²) in [7, 11) is 0.